The fraction of sp³-hybridized carbons (Fsp3) is 0.500. The van der Waals surface area contributed by atoms with Crippen molar-refractivity contribution in [1.29, 1.82) is 0 Å². The van der Waals surface area contributed by atoms with Crippen LogP contribution in [0.1, 0.15) is 13.8 Å². The zero-order valence-electron chi connectivity index (χ0n) is 10.9. The van der Waals surface area contributed by atoms with Gasteiger partial charge in [0.05, 0.1) is 0 Å². The molecule has 1 fully saturated rings. The van der Waals surface area contributed by atoms with Crippen LogP contribution >= 0.6 is 11.6 Å². The van der Waals surface area contributed by atoms with E-state index in [1.807, 2.05) is 43.0 Å². The number of hydrogen-bond acceptors (Lipinski definition) is 2. The Morgan fingerprint density at radius 1 is 1.11 bits per heavy atom. The molecular formula is C14H19ClN2O. The molecule has 3 nitrogen and oxygen atoms in total. The average molecular weight is 267 g/mol. The third-order valence-electron chi connectivity index (χ3n) is 3.28. The van der Waals surface area contributed by atoms with Gasteiger partial charge in [-0.25, -0.2) is 0 Å². The highest BCUT2D eigenvalue weighted by Crippen LogP contribution is 2.19. The summed E-state index contributed by atoms with van der Waals surface area (Å²) < 4.78 is 0. The third-order valence-corrected chi connectivity index (χ3v) is 3.53. The second-order valence-electron chi connectivity index (χ2n) is 4.94. The Hall–Kier alpha value is -1.22. The van der Waals surface area contributed by atoms with Crippen molar-refractivity contribution in [1.82, 2.24) is 4.90 Å². The van der Waals surface area contributed by atoms with Crippen LogP contribution in [-0.4, -0.2) is 37.0 Å². The third kappa shape index (κ3) is 2.96. The van der Waals surface area contributed by atoms with E-state index in [4.69, 9.17) is 11.6 Å². The molecule has 0 N–H and O–H groups in total. The molecule has 0 radical (unpaired) electrons. The number of nitrogens with zero attached hydrogens (tertiary/aromatic N) is 2. The number of piperazine rings is 1. The van der Waals surface area contributed by atoms with Crippen molar-refractivity contribution < 1.29 is 4.79 Å². The normalized spacial score (nSPS) is 16.2. The van der Waals surface area contributed by atoms with E-state index in [2.05, 4.69) is 4.90 Å². The van der Waals surface area contributed by atoms with Crippen LogP contribution in [0.5, 0.6) is 0 Å². The van der Waals surface area contributed by atoms with Gasteiger partial charge in [-0.1, -0.05) is 25.4 Å². The van der Waals surface area contributed by atoms with Gasteiger partial charge in [0.25, 0.3) is 0 Å². The summed E-state index contributed by atoms with van der Waals surface area (Å²) in [7, 11) is 0. The lowest BCUT2D eigenvalue weighted by molar-refractivity contribution is -0.134. The standard InChI is InChI=1S/C14H19ClN2O/c1-11(2)14(18)17-9-7-16(8-10-17)13-5-3-12(15)4-6-13/h3-6,11H,7-10H2,1-2H3. The van der Waals surface area contributed by atoms with E-state index < -0.39 is 0 Å². The van der Waals surface area contributed by atoms with Crippen molar-refractivity contribution in [2.75, 3.05) is 31.1 Å². The first-order valence-corrected chi connectivity index (χ1v) is 6.75. The summed E-state index contributed by atoms with van der Waals surface area (Å²) in [4.78, 5) is 16.1. The monoisotopic (exact) mass is 266 g/mol. The Bertz CT molecular complexity index is 408. The maximum atomic E-state index is 11.9. The van der Waals surface area contributed by atoms with Gasteiger partial charge in [0.1, 0.15) is 0 Å². The van der Waals surface area contributed by atoms with Crippen LogP contribution in [0.4, 0.5) is 5.69 Å². The number of carbonyl (C=O) groups is 1. The Morgan fingerprint density at radius 2 is 1.67 bits per heavy atom. The predicted octanol–water partition coefficient (Wildman–Crippen LogP) is 2.64. The molecule has 0 aliphatic carbocycles. The minimum Gasteiger partial charge on any atom is -0.368 e. The summed E-state index contributed by atoms with van der Waals surface area (Å²) >= 11 is 5.88. The Labute approximate surface area is 113 Å². The molecule has 1 aliphatic heterocycles. The predicted molar refractivity (Wildman–Crippen MR) is 75.1 cm³/mol. The number of hydrogen-bond donors (Lipinski definition) is 0. The van der Waals surface area contributed by atoms with E-state index >= 15 is 0 Å². The SMILES string of the molecule is CC(C)C(=O)N1CCN(c2ccc(Cl)cc2)CC1. The molecule has 1 aliphatic rings. The summed E-state index contributed by atoms with van der Waals surface area (Å²) in [6.45, 7) is 7.29. The highest BCUT2D eigenvalue weighted by molar-refractivity contribution is 6.30. The minimum atomic E-state index is 0.0899. The van der Waals surface area contributed by atoms with Gasteiger partial charge in [-0.05, 0) is 24.3 Å². The highest BCUT2D eigenvalue weighted by atomic mass is 35.5. The van der Waals surface area contributed by atoms with Crippen LogP contribution in [0.25, 0.3) is 0 Å². The number of carbonyl (C=O) groups excluding carboxylic acids is 1. The molecule has 98 valence electrons. The smallest absolute Gasteiger partial charge is 0.225 e. The van der Waals surface area contributed by atoms with Crippen molar-refractivity contribution in [3.8, 4) is 0 Å². The van der Waals surface area contributed by atoms with Gasteiger partial charge in [-0.3, -0.25) is 4.79 Å². The van der Waals surface area contributed by atoms with E-state index in [0.29, 0.717) is 0 Å². The van der Waals surface area contributed by atoms with Crippen LogP contribution in [0.3, 0.4) is 0 Å². The fourth-order valence-electron chi connectivity index (χ4n) is 2.20. The molecule has 1 amide bonds. The first kappa shape index (κ1) is 13.2. The molecule has 0 unspecified atom stereocenters. The van der Waals surface area contributed by atoms with Gasteiger partial charge in [0, 0.05) is 42.8 Å². The summed E-state index contributed by atoms with van der Waals surface area (Å²) in [5, 5.41) is 0.757. The van der Waals surface area contributed by atoms with Crippen molar-refractivity contribution in [2.24, 2.45) is 5.92 Å². The molecule has 2 rings (SSSR count). The molecule has 18 heavy (non-hydrogen) atoms. The summed E-state index contributed by atoms with van der Waals surface area (Å²) in [5.41, 5.74) is 1.18. The first-order valence-electron chi connectivity index (χ1n) is 6.37. The quantitative estimate of drug-likeness (QED) is 0.822. The Kier molecular flexibility index (Phi) is 4.12. The van der Waals surface area contributed by atoms with Gasteiger partial charge in [0.2, 0.25) is 5.91 Å². The van der Waals surface area contributed by atoms with Crippen LogP contribution in [-0.2, 0) is 4.79 Å². The van der Waals surface area contributed by atoms with Gasteiger partial charge in [0.15, 0.2) is 0 Å². The van der Waals surface area contributed by atoms with E-state index in [1.54, 1.807) is 0 Å². The number of amides is 1. The molecule has 0 atom stereocenters. The van der Waals surface area contributed by atoms with Crippen LogP contribution < -0.4 is 4.90 Å². The second kappa shape index (κ2) is 5.61. The molecule has 1 heterocycles. The highest BCUT2D eigenvalue weighted by Gasteiger charge is 2.22. The summed E-state index contributed by atoms with van der Waals surface area (Å²) in [6.07, 6.45) is 0. The van der Waals surface area contributed by atoms with Gasteiger partial charge < -0.3 is 9.80 Å². The van der Waals surface area contributed by atoms with Crippen LogP contribution in [0, 0.1) is 5.92 Å². The van der Waals surface area contributed by atoms with Crippen molar-refractivity contribution in [3.05, 3.63) is 29.3 Å². The van der Waals surface area contributed by atoms with Crippen molar-refractivity contribution in [3.63, 3.8) is 0 Å². The topological polar surface area (TPSA) is 23.6 Å². The van der Waals surface area contributed by atoms with Crippen LogP contribution in [0.15, 0.2) is 24.3 Å². The number of rotatable bonds is 2. The van der Waals surface area contributed by atoms with E-state index in [1.165, 1.54) is 5.69 Å². The largest absolute Gasteiger partial charge is 0.368 e. The molecule has 0 saturated carbocycles. The van der Waals surface area contributed by atoms with Crippen molar-refractivity contribution in [2.45, 2.75) is 13.8 Å². The lowest BCUT2D eigenvalue weighted by Gasteiger charge is -2.36. The zero-order chi connectivity index (χ0) is 13.1. The molecular weight excluding hydrogens is 248 g/mol. The van der Waals surface area contributed by atoms with Gasteiger partial charge in [-0.15, -0.1) is 0 Å². The number of benzene rings is 1. The Balaban J connectivity index is 1.94. The van der Waals surface area contributed by atoms with Crippen LogP contribution in [0.2, 0.25) is 5.02 Å². The Morgan fingerprint density at radius 3 is 2.17 bits per heavy atom. The number of halogens is 1. The molecule has 1 aromatic rings. The number of anilines is 1. The van der Waals surface area contributed by atoms with E-state index in [0.717, 1.165) is 31.2 Å². The summed E-state index contributed by atoms with van der Waals surface area (Å²) in [6, 6.07) is 7.87. The van der Waals surface area contributed by atoms with Gasteiger partial charge in [-0.2, -0.15) is 0 Å². The molecule has 4 heteroatoms. The molecule has 1 aromatic carbocycles. The molecule has 0 bridgehead atoms. The fourth-order valence-corrected chi connectivity index (χ4v) is 2.33. The summed E-state index contributed by atoms with van der Waals surface area (Å²) in [5.74, 6) is 0.345. The average Bonchev–Trinajstić information content (AvgIpc) is 2.39. The lowest BCUT2D eigenvalue weighted by Crippen LogP contribution is -2.49. The van der Waals surface area contributed by atoms with E-state index in [9.17, 15) is 4.79 Å². The minimum absolute atomic E-state index is 0.0899. The maximum absolute atomic E-state index is 11.9. The van der Waals surface area contributed by atoms with Crippen molar-refractivity contribution >= 4 is 23.2 Å². The maximum Gasteiger partial charge on any atom is 0.225 e. The zero-order valence-corrected chi connectivity index (χ0v) is 11.7. The lowest BCUT2D eigenvalue weighted by atomic mass is 10.1. The van der Waals surface area contributed by atoms with Gasteiger partial charge >= 0.3 is 0 Å². The van der Waals surface area contributed by atoms with E-state index in [-0.39, 0.29) is 11.8 Å². The first-order chi connectivity index (χ1) is 8.58. The second-order valence-corrected chi connectivity index (χ2v) is 5.38. The molecule has 0 spiro atoms. The molecule has 0 aromatic heterocycles. The molecule has 1 saturated heterocycles.